The third-order valence-corrected chi connectivity index (χ3v) is 5.84. The number of ketones is 1. The van der Waals surface area contributed by atoms with E-state index in [9.17, 15) is 14.7 Å². The summed E-state index contributed by atoms with van der Waals surface area (Å²) in [6.07, 6.45) is 1.52. The Labute approximate surface area is 169 Å². The van der Waals surface area contributed by atoms with E-state index in [1.807, 2.05) is 35.7 Å². The molecule has 1 aliphatic rings. The summed E-state index contributed by atoms with van der Waals surface area (Å²) >= 11 is 1.41. The van der Waals surface area contributed by atoms with Crippen LogP contribution in [0.1, 0.15) is 27.2 Å². The van der Waals surface area contributed by atoms with Gasteiger partial charge in [-0.25, -0.2) is 0 Å². The van der Waals surface area contributed by atoms with Crippen molar-refractivity contribution in [1.82, 2.24) is 4.90 Å². The van der Waals surface area contributed by atoms with Crippen LogP contribution in [0.2, 0.25) is 0 Å². The molecular formula is C22H15NO5S. The first-order valence-electron chi connectivity index (χ1n) is 8.96. The number of para-hydroxylation sites is 1. The highest BCUT2D eigenvalue weighted by molar-refractivity contribution is 7.10. The zero-order valence-corrected chi connectivity index (χ0v) is 15.9. The van der Waals surface area contributed by atoms with Gasteiger partial charge >= 0.3 is 0 Å². The lowest BCUT2D eigenvalue weighted by molar-refractivity contribution is -0.130. The van der Waals surface area contributed by atoms with Crippen LogP contribution in [0.25, 0.3) is 11.0 Å². The summed E-state index contributed by atoms with van der Waals surface area (Å²) in [5.41, 5.74) is 0.587. The number of hydrogen-bond acceptors (Lipinski definition) is 6. The minimum Gasteiger partial charge on any atom is -0.503 e. The number of carbonyl (C=O) groups excluding carboxylic acids is 2. The highest BCUT2D eigenvalue weighted by Gasteiger charge is 2.45. The molecule has 144 valence electrons. The second kappa shape index (κ2) is 6.79. The second-order valence-electron chi connectivity index (χ2n) is 6.67. The van der Waals surface area contributed by atoms with Crippen molar-refractivity contribution in [1.29, 1.82) is 0 Å². The van der Waals surface area contributed by atoms with Crippen LogP contribution in [-0.2, 0) is 11.3 Å². The highest BCUT2D eigenvalue weighted by atomic mass is 32.1. The lowest BCUT2D eigenvalue weighted by Crippen LogP contribution is -2.30. The van der Waals surface area contributed by atoms with Crippen LogP contribution in [0.3, 0.4) is 0 Å². The summed E-state index contributed by atoms with van der Waals surface area (Å²) in [5.74, 6) is -1.03. The van der Waals surface area contributed by atoms with Crippen molar-refractivity contribution in [3.8, 4) is 0 Å². The molecule has 1 aromatic carbocycles. The van der Waals surface area contributed by atoms with Crippen molar-refractivity contribution in [2.45, 2.75) is 12.6 Å². The van der Waals surface area contributed by atoms with E-state index in [2.05, 4.69) is 0 Å². The van der Waals surface area contributed by atoms with Gasteiger partial charge in [0.2, 0.25) is 5.78 Å². The molecule has 29 heavy (non-hydrogen) atoms. The van der Waals surface area contributed by atoms with Gasteiger partial charge in [0.25, 0.3) is 5.91 Å². The molecule has 0 saturated carbocycles. The fourth-order valence-corrected chi connectivity index (χ4v) is 4.43. The maximum Gasteiger partial charge on any atom is 0.290 e. The molecule has 0 spiro atoms. The number of carbonyl (C=O) groups is 2. The summed E-state index contributed by atoms with van der Waals surface area (Å²) in [6.45, 7) is 0.134. The quantitative estimate of drug-likeness (QED) is 0.479. The van der Waals surface area contributed by atoms with E-state index in [0.717, 1.165) is 10.3 Å². The molecule has 0 fully saturated rings. The third kappa shape index (κ3) is 2.87. The molecule has 1 atom stereocenters. The van der Waals surface area contributed by atoms with Gasteiger partial charge in [-0.1, -0.05) is 24.3 Å². The number of aliphatic hydroxyl groups excluding tert-OH is 1. The summed E-state index contributed by atoms with van der Waals surface area (Å²) < 4.78 is 11.1. The zero-order valence-electron chi connectivity index (χ0n) is 15.1. The van der Waals surface area contributed by atoms with E-state index in [0.29, 0.717) is 11.3 Å². The average Bonchev–Trinajstić information content (AvgIpc) is 3.51. The van der Waals surface area contributed by atoms with Crippen molar-refractivity contribution in [2.24, 2.45) is 0 Å². The number of nitrogens with zero attached hydrogens (tertiary/aromatic N) is 1. The van der Waals surface area contributed by atoms with Crippen molar-refractivity contribution in [2.75, 3.05) is 0 Å². The van der Waals surface area contributed by atoms with Gasteiger partial charge in [-0.05, 0) is 35.7 Å². The third-order valence-electron chi connectivity index (χ3n) is 4.92. The Bertz CT molecular complexity index is 1200. The molecule has 0 saturated heterocycles. The largest absolute Gasteiger partial charge is 0.503 e. The molecular weight excluding hydrogens is 390 g/mol. The van der Waals surface area contributed by atoms with E-state index in [1.54, 1.807) is 24.3 Å². The van der Waals surface area contributed by atoms with E-state index < -0.39 is 23.5 Å². The van der Waals surface area contributed by atoms with Crippen LogP contribution in [0.4, 0.5) is 0 Å². The van der Waals surface area contributed by atoms with Crippen LogP contribution in [-0.4, -0.2) is 21.7 Å². The van der Waals surface area contributed by atoms with Gasteiger partial charge < -0.3 is 18.8 Å². The normalized spacial score (nSPS) is 16.9. The van der Waals surface area contributed by atoms with Gasteiger partial charge in [0, 0.05) is 10.3 Å². The van der Waals surface area contributed by atoms with Crippen molar-refractivity contribution in [3.63, 3.8) is 0 Å². The van der Waals surface area contributed by atoms with Gasteiger partial charge in [0.15, 0.2) is 11.5 Å². The van der Waals surface area contributed by atoms with E-state index in [1.165, 1.54) is 22.5 Å². The molecule has 1 amide bonds. The van der Waals surface area contributed by atoms with Crippen LogP contribution >= 0.6 is 11.3 Å². The minimum atomic E-state index is -0.715. The molecule has 0 aliphatic carbocycles. The number of fused-ring (bicyclic) bond motifs is 1. The Kier molecular flexibility index (Phi) is 4.10. The first-order chi connectivity index (χ1) is 14.1. The highest BCUT2D eigenvalue weighted by Crippen LogP contribution is 2.42. The maximum atomic E-state index is 13.3. The molecule has 4 aromatic rings. The number of thiophene rings is 1. The fraction of sp³-hybridized carbons (Fsp3) is 0.0909. The van der Waals surface area contributed by atoms with Gasteiger partial charge in [-0.15, -0.1) is 11.3 Å². The van der Waals surface area contributed by atoms with Crippen LogP contribution in [0, 0.1) is 0 Å². The topological polar surface area (TPSA) is 83.9 Å². The minimum absolute atomic E-state index is 0.0167. The Morgan fingerprint density at radius 1 is 1.14 bits per heavy atom. The summed E-state index contributed by atoms with van der Waals surface area (Å²) in [7, 11) is 0. The van der Waals surface area contributed by atoms with Gasteiger partial charge in [0.1, 0.15) is 17.4 Å². The van der Waals surface area contributed by atoms with Gasteiger partial charge in [-0.3, -0.25) is 9.59 Å². The smallest absolute Gasteiger partial charge is 0.290 e. The Morgan fingerprint density at radius 2 is 2.00 bits per heavy atom. The molecule has 1 unspecified atom stereocenters. The standard InChI is InChI=1S/C22H15NO5S/c24-20(16-11-13-5-1-2-7-15(13)28-16)18-19(17-8-4-10-29-17)23(22(26)21(18)25)12-14-6-3-9-27-14/h1-11,19,25H,12H2. The Hall–Kier alpha value is -3.58. The number of amides is 1. The SMILES string of the molecule is O=C(C1=C(O)C(=O)N(Cc2ccco2)C1c1cccs1)c1cc2ccccc2o1. The predicted octanol–water partition coefficient (Wildman–Crippen LogP) is 4.87. The molecule has 0 bridgehead atoms. The lowest BCUT2D eigenvalue weighted by atomic mass is 10.00. The monoisotopic (exact) mass is 405 g/mol. The van der Waals surface area contributed by atoms with Gasteiger partial charge in [0.05, 0.1) is 18.4 Å². The molecule has 7 heteroatoms. The number of rotatable bonds is 5. The maximum absolute atomic E-state index is 13.3. The number of hydrogen-bond donors (Lipinski definition) is 1. The van der Waals surface area contributed by atoms with Gasteiger partial charge in [-0.2, -0.15) is 0 Å². The van der Waals surface area contributed by atoms with Crippen molar-refractivity contribution in [3.05, 3.63) is 94.0 Å². The van der Waals surface area contributed by atoms with E-state index >= 15 is 0 Å². The molecule has 1 aliphatic heterocycles. The molecule has 3 aromatic heterocycles. The summed E-state index contributed by atoms with van der Waals surface area (Å²) in [4.78, 5) is 28.4. The van der Waals surface area contributed by atoms with Crippen LogP contribution in [0.5, 0.6) is 0 Å². The molecule has 5 rings (SSSR count). The first kappa shape index (κ1) is 17.5. The Balaban J connectivity index is 1.59. The number of aliphatic hydroxyl groups is 1. The molecule has 0 radical (unpaired) electrons. The molecule has 1 N–H and O–H groups in total. The van der Waals surface area contributed by atoms with Crippen LogP contribution in [0.15, 0.2) is 86.4 Å². The lowest BCUT2D eigenvalue weighted by Gasteiger charge is -2.24. The predicted molar refractivity (Wildman–Crippen MR) is 107 cm³/mol. The molecule has 6 nitrogen and oxygen atoms in total. The number of benzene rings is 1. The summed E-state index contributed by atoms with van der Waals surface area (Å²) in [6, 6.07) is 15.3. The first-order valence-corrected chi connectivity index (χ1v) is 9.84. The number of furan rings is 2. The fourth-order valence-electron chi connectivity index (χ4n) is 3.59. The number of Topliss-reactive ketones (excluding diaryl/α,β-unsaturated/α-hetero) is 1. The van der Waals surface area contributed by atoms with Crippen molar-refractivity contribution >= 4 is 34.0 Å². The Morgan fingerprint density at radius 3 is 2.72 bits per heavy atom. The van der Waals surface area contributed by atoms with E-state index in [-0.39, 0.29) is 17.9 Å². The average molecular weight is 405 g/mol. The summed E-state index contributed by atoms with van der Waals surface area (Å²) in [5, 5.41) is 13.3. The zero-order chi connectivity index (χ0) is 20.0. The van der Waals surface area contributed by atoms with Crippen molar-refractivity contribution < 1.29 is 23.5 Å². The molecule has 4 heterocycles. The van der Waals surface area contributed by atoms with Crippen LogP contribution < -0.4 is 0 Å². The second-order valence-corrected chi connectivity index (χ2v) is 7.65. The van der Waals surface area contributed by atoms with E-state index in [4.69, 9.17) is 8.83 Å².